The summed E-state index contributed by atoms with van der Waals surface area (Å²) in [7, 11) is 0. The molecule has 13 heavy (non-hydrogen) atoms. The van der Waals surface area contributed by atoms with E-state index in [1.165, 1.54) is 18.4 Å². The third-order valence-electron chi connectivity index (χ3n) is 2.68. The van der Waals surface area contributed by atoms with Crippen molar-refractivity contribution in [1.82, 2.24) is 4.98 Å². The fraction of sp³-hybridized carbons (Fsp3) is 0.455. The lowest BCUT2D eigenvalue weighted by Gasteiger charge is -2.12. The van der Waals surface area contributed by atoms with Crippen molar-refractivity contribution >= 4 is 6.29 Å². The Morgan fingerprint density at radius 1 is 1.46 bits per heavy atom. The van der Waals surface area contributed by atoms with E-state index in [9.17, 15) is 4.79 Å². The maximum Gasteiger partial charge on any atom is 0.120 e. The number of aldehydes is 1. The van der Waals surface area contributed by atoms with Gasteiger partial charge in [0.25, 0.3) is 0 Å². The Kier molecular flexibility index (Phi) is 2.39. The number of hydrogen-bond donors (Lipinski definition) is 0. The first-order chi connectivity index (χ1) is 6.42. The largest absolute Gasteiger partial charge is 0.303 e. The molecule has 1 heterocycles. The summed E-state index contributed by atoms with van der Waals surface area (Å²) in [6, 6.07) is 4.04. The summed E-state index contributed by atoms with van der Waals surface area (Å²) < 4.78 is 0. The van der Waals surface area contributed by atoms with Crippen LogP contribution in [-0.4, -0.2) is 11.3 Å². The Morgan fingerprint density at radius 2 is 2.15 bits per heavy atom. The van der Waals surface area contributed by atoms with Crippen LogP contribution in [0.25, 0.3) is 0 Å². The molecule has 0 aromatic carbocycles. The van der Waals surface area contributed by atoms with E-state index in [1.807, 2.05) is 12.1 Å². The molecule has 68 valence electrons. The van der Waals surface area contributed by atoms with Crippen LogP contribution < -0.4 is 0 Å². The average Bonchev–Trinajstić information content (AvgIpc) is 2.99. The van der Waals surface area contributed by atoms with Crippen molar-refractivity contribution in [3.05, 3.63) is 30.1 Å². The van der Waals surface area contributed by atoms with E-state index in [0.717, 1.165) is 12.2 Å². The highest BCUT2D eigenvalue weighted by Gasteiger charge is 2.31. The predicted molar refractivity (Wildman–Crippen MR) is 50.4 cm³/mol. The summed E-state index contributed by atoms with van der Waals surface area (Å²) in [5.74, 6) is 1.19. The first-order valence-corrected chi connectivity index (χ1v) is 4.75. The normalized spacial score (nSPS) is 18.2. The van der Waals surface area contributed by atoms with Crippen molar-refractivity contribution in [2.45, 2.75) is 25.2 Å². The van der Waals surface area contributed by atoms with Gasteiger partial charge in [-0.1, -0.05) is 0 Å². The Morgan fingerprint density at radius 3 is 2.69 bits per heavy atom. The van der Waals surface area contributed by atoms with Gasteiger partial charge in [-0.25, -0.2) is 0 Å². The summed E-state index contributed by atoms with van der Waals surface area (Å²) in [4.78, 5) is 14.5. The highest BCUT2D eigenvalue weighted by atomic mass is 16.1. The molecule has 0 N–H and O–H groups in total. The van der Waals surface area contributed by atoms with Gasteiger partial charge in [0.15, 0.2) is 0 Å². The molecule has 0 bridgehead atoms. The fourth-order valence-corrected chi connectivity index (χ4v) is 1.81. The first-order valence-electron chi connectivity index (χ1n) is 4.75. The highest BCUT2D eigenvalue weighted by molar-refractivity contribution is 5.52. The molecule has 1 saturated carbocycles. The number of carbonyl (C=O) groups is 1. The Hall–Kier alpha value is -1.18. The van der Waals surface area contributed by atoms with Gasteiger partial charge in [0.05, 0.1) is 0 Å². The third kappa shape index (κ3) is 1.94. The first kappa shape index (κ1) is 8.42. The van der Waals surface area contributed by atoms with Gasteiger partial charge in [-0.2, -0.15) is 0 Å². The molecule has 0 amide bonds. The minimum Gasteiger partial charge on any atom is -0.303 e. The molecule has 1 unspecified atom stereocenters. The van der Waals surface area contributed by atoms with Crippen LogP contribution in [0.2, 0.25) is 0 Å². The second-order valence-electron chi connectivity index (χ2n) is 3.63. The molecule has 2 heteroatoms. The van der Waals surface area contributed by atoms with Crippen LogP contribution in [0.15, 0.2) is 24.5 Å². The summed E-state index contributed by atoms with van der Waals surface area (Å²) in [5.41, 5.74) is 1.27. The molecule has 1 fully saturated rings. The van der Waals surface area contributed by atoms with Crippen molar-refractivity contribution in [2.75, 3.05) is 0 Å². The molecule has 1 atom stereocenters. The smallest absolute Gasteiger partial charge is 0.120 e. The van der Waals surface area contributed by atoms with Crippen LogP contribution in [0.4, 0.5) is 0 Å². The number of hydrogen-bond acceptors (Lipinski definition) is 2. The molecule has 2 rings (SSSR count). The van der Waals surface area contributed by atoms with Gasteiger partial charge in [-0.15, -0.1) is 0 Å². The molecule has 0 radical (unpaired) electrons. The molecule has 1 aromatic rings. The van der Waals surface area contributed by atoms with Gasteiger partial charge in [0.2, 0.25) is 0 Å². The molecule has 0 aliphatic heterocycles. The molecule has 2 nitrogen and oxygen atoms in total. The van der Waals surface area contributed by atoms with Crippen LogP contribution in [0.5, 0.6) is 0 Å². The molecule has 1 aromatic heterocycles. The number of pyridine rings is 1. The van der Waals surface area contributed by atoms with E-state index in [4.69, 9.17) is 0 Å². The van der Waals surface area contributed by atoms with Crippen molar-refractivity contribution in [1.29, 1.82) is 0 Å². The van der Waals surface area contributed by atoms with Gasteiger partial charge >= 0.3 is 0 Å². The van der Waals surface area contributed by atoms with Crippen LogP contribution in [0, 0.1) is 5.92 Å². The maximum atomic E-state index is 10.5. The van der Waals surface area contributed by atoms with Gasteiger partial charge in [0, 0.05) is 18.8 Å². The lowest BCUT2D eigenvalue weighted by molar-refractivity contribution is -0.108. The number of carbonyl (C=O) groups excluding carboxylic acids is 1. The highest BCUT2D eigenvalue weighted by Crippen LogP contribution is 2.43. The second-order valence-corrected chi connectivity index (χ2v) is 3.63. The quantitative estimate of drug-likeness (QED) is 0.656. The molecule has 1 aliphatic carbocycles. The minimum absolute atomic E-state index is 0.445. The third-order valence-corrected chi connectivity index (χ3v) is 2.68. The zero-order valence-corrected chi connectivity index (χ0v) is 7.52. The van der Waals surface area contributed by atoms with E-state index in [0.29, 0.717) is 12.3 Å². The Bertz CT molecular complexity index is 279. The van der Waals surface area contributed by atoms with Crippen molar-refractivity contribution in [3.63, 3.8) is 0 Å². The Balaban J connectivity index is 2.14. The van der Waals surface area contributed by atoms with E-state index in [2.05, 4.69) is 4.98 Å². The van der Waals surface area contributed by atoms with Gasteiger partial charge in [-0.3, -0.25) is 4.98 Å². The predicted octanol–water partition coefficient (Wildman–Crippen LogP) is 2.16. The van der Waals surface area contributed by atoms with Gasteiger partial charge in [0.1, 0.15) is 6.29 Å². The van der Waals surface area contributed by atoms with Crippen molar-refractivity contribution < 1.29 is 4.79 Å². The van der Waals surface area contributed by atoms with E-state index < -0.39 is 0 Å². The number of nitrogens with zero attached hydrogens (tertiary/aromatic N) is 1. The SMILES string of the molecule is O=CCC(c1ccncc1)C1CC1. The van der Waals surface area contributed by atoms with Gasteiger partial charge in [-0.05, 0) is 42.4 Å². The number of rotatable bonds is 4. The zero-order chi connectivity index (χ0) is 9.10. The maximum absolute atomic E-state index is 10.5. The summed E-state index contributed by atoms with van der Waals surface area (Å²) >= 11 is 0. The Labute approximate surface area is 78.0 Å². The molecule has 0 spiro atoms. The summed E-state index contributed by atoms with van der Waals surface area (Å²) in [6.07, 6.45) is 7.85. The lowest BCUT2D eigenvalue weighted by Crippen LogP contribution is -2.01. The molecular weight excluding hydrogens is 162 g/mol. The van der Waals surface area contributed by atoms with Crippen LogP contribution in [-0.2, 0) is 4.79 Å². The molecule has 0 saturated heterocycles. The number of aromatic nitrogens is 1. The molecule has 1 aliphatic rings. The standard InChI is InChI=1S/C11H13NO/c13-8-5-11(9-1-2-9)10-3-6-12-7-4-10/h3-4,6-9,11H,1-2,5H2. The zero-order valence-electron chi connectivity index (χ0n) is 7.52. The average molecular weight is 175 g/mol. The topological polar surface area (TPSA) is 30.0 Å². The monoisotopic (exact) mass is 175 g/mol. The second kappa shape index (κ2) is 3.69. The van der Waals surface area contributed by atoms with E-state index in [-0.39, 0.29) is 0 Å². The summed E-state index contributed by atoms with van der Waals surface area (Å²) in [5, 5.41) is 0. The van der Waals surface area contributed by atoms with Crippen molar-refractivity contribution in [3.8, 4) is 0 Å². The summed E-state index contributed by atoms with van der Waals surface area (Å²) in [6.45, 7) is 0. The van der Waals surface area contributed by atoms with E-state index in [1.54, 1.807) is 12.4 Å². The molecular formula is C11H13NO. The minimum atomic E-state index is 0.445. The van der Waals surface area contributed by atoms with Crippen molar-refractivity contribution in [2.24, 2.45) is 5.92 Å². The van der Waals surface area contributed by atoms with Crippen LogP contribution in [0.3, 0.4) is 0 Å². The van der Waals surface area contributed by atoms with E-state index >= 15 is 0 Å². The van der Waals surface area contributed by atoms with Crippen LogP contribution >= 0.6 is 0 Å². The van der Waals surface area contributed by atoms with Gasteiger partial charge < -0.3 is 4.79 Å². The van der Waals surface area contributed by atoms with Crippen LogP contribution in [0.1, 0.15) is 30.7 Å². The fourth-order valence-electron chi connectivity index (χ4n) is 1.81. The lowest BCUT2D eigenvalue weighted by atomic mass is 9.92.